The van der Waals surface area contributed by atoms with E-state index in [1.165, 1.54) is 11.9 Å². The molecule has 4 nitrogen and oxygen atoms in total. The number of carbonyl (C=O) groups excluding carboxylic acids is 1. The number of hydrogen-bond donors (Lipinski definition) is 2. The van der Waals surface area contributed by atoms with Crippen molar-refractivity contribution in [2.24, 2.45) is 5.14 Å². The molecule has 0 aliphatic rings. The molecule has 0 aliphatic heterocycles. The van der Waals surface area contributed by atoms with E-state index in [4.69, 9.17) is 9.88 Å². The van der Waals surface area contributed by atoms with E-state index in [0.29, 0.717) is 18.9 Å². The van der Waals surface area contributed by atoms with Gasteiger partial charge in [0.2, 0.25) is 0 Å². The van der Waals surface area contributed by atoms with Gasteiger partial charge < -0.3 is 10.1 Å². The normalized spacial score (nSPS) is 9.67. The summed E-state index contributed by atoms with van der Waals surface area (Å²) in [5, 5.41) is 7.80. The number of nitrogens with one attached hydrogen (secondary N) is 1. The zero-order valence-electron chi connectivity index (χ0n) is 8.31. The quantitative estimate of drug-likeness (QED) is 0.590. The molecule has 0 aliphatic carbocycles. The first-order valence-corrected chi connectivity index (χ1v) is 5.64. The van der Waals surface area contributed by atoms with E-state index in [1.807, 2.05) is 30.3 Å². The first-order chi connectivity index (χ1) is 7.33. The predicted molar refractivity (Wildman–Crippen MR) is 61.3 cm³/mol. The van der Waals surface area contributed by atoms with Crippen molar-refractivity contribution in [3.63, 3.8) is 0 Å². The molecule has 3 N–H and O–H groups in total. The van der Waals surface area contributed by atoms with E-state index in [2.05, 4.69) is 5.32 Å². The highest BCUT2D eigenvalue weighted by Gasteiger charge is 2.00. The summed E-state index contributed by atoms with van der Waals surface area (Å²) in [7, 11) is 0. The molecule has 82 valence electrons. The molecule has 1 aromatic rings. The van der Waals surface area contributed by atoms with Gasteiger partial charge in [-0.15, -0.1) is 0 Å². The minimum atomic E-state index is -0.409. The number of rotatable bonds is 5. The van der Waals surface area contributed by atoms with Gasteiger partial charge in [0.15, 0.2) is 0 Å². The molecule has 0 atom stereocenters. The maximum absolute atomic E-state index is 11.1. The summed E-state index contributed by atoms with van der Waals surface area (Å²) >= 11 is 1.19. The smallest absolute Gasteiger partial charge is 0.407 e. The minimum Gasteiger partial charge on any atom is -0.445 e. The van der Waals surface area contributed by atoms with Crippen molar-refractivity contribution in [1.82, 2.24) is 5.32 Å². The van der Waals surface area contributed by atoms with Crippen molar-refractivity contribution in [1.29, 1.82) is 0 Å². The Morgan fingerprint density at radius 3 is 2.80 bits per heavy atom. The largest absolute Gasteiger partial charge is 0.445 e. The average Bonchev–Trinajstić information content (AvgIpc) is 2.28. The summed E-state index contributed by atoms with van der Waals surface area (Å²) in [6, 6.07) is 9.54. The third kappa shape index (κ3) is 5.29. The fourth-order valence-electron chi connectivity index (χ4n) is 0.986. The lowest BCUT2D eigenvalue weighted by Gasteiger charge is -2.05. The molecular weight excluding hydrogens is 212 g/mol. The summed E-state index contributed by atoms with van der Waals surface area (Å²) < 4.78 is 4.97. The van der Waals surface area contributed by atoms with Crippen molar-refractivity contribution in [3.05, 3.63) is 35.9 Å². The van der Waals surface area contributed by atoms with Crippen LogP contribution >= 0.6 is 11.9 Å². The summed E-state index contributed by atoms with van der Waals surface area (Å²) in [6.07, 6.45) is -0.409. The number of hydrogen-bond acceptors (Lipinski definition) is 4. The molecule has 0 saturated carbocycles. The van der Waals surface area contributed by atoms with Crippen LogP contribution in [0.25, 0.3) is 0 Å². The van der Waals surface area contributed by atoms with Crippen LogP contribution in [0.1, 0.15) is 5.56 Å². The maximum atomic E-state index is 11.1. The number of amides is 1. The van der Waals surface area contributed by atoms with Crippen LogP contribution < -0.4 is 10.5 Å². The van der Waals surface area contributed by atoms with E-state index >= 15 is 0 Å². The van der Waals surface area contributed by atoms with Gasteiger partial charge in [0.25, 0.3) is 0 Å². The van der Waals surface area contributed by atoms with Crippen molar-refractivity contribution in [2.45, 2.75) is 6.61 Å². The first kappa shape index (κ1) is 11.9. The number of ether oxygens (including phenoxy) is 1. The van der Waals surface area contributed by atoms with Crippen molar-refractivity contribution in [2.75, 3.05) is 12.3 Å². The zero-order valence-corrected chi connectivity index (χ0v) is 9.13. The Morgan fingerprint density at radius 2 is 2.13 bits per heavy atom. The van der Waals surface area contributed by atoms with E-state index in [0.717, 1.165) is 5.56 Å². The maximum Gasteiger partial charge on any atom is 0.407 e. The van der Waals surface area contributed by atoms with Crippen LogP contribution in [0.2, 0.25) is 0 Å². The van der Waals surface area contributed by atoms with Crippen LogP contribution in [0.4, 0.5) is 4.79 Å². The number of alkyl carbamates (subject to hydrolysis) is 1. The van der Waals surface area contributed by atoms with Crippen LogP contribution in [0.15, 0.2) is 30.3 Å². The molecule has 0 spiro atoms. The van der Waals surface area contributed by atoms with Crippen LogP contribution in [0.3, 0.4) is 0 Å². The van der Waals surface area contributed by atoms with Crippen LogP contribution in [-0.2, 0) is 11.3 Å². The summed E-state index contributed by atoms with van der Waals surface area (Å²) in [6.45, 7) is 0.817. The van der Waals surface area contributed by atoms with E-state index < -0.39 is 6.09 Å². The average molecular weight is 226 g/mol. The third-order valence-electron chi connectivity index (χ3n) is 1.70. The summed E-state index contributed by atoms with van der Waals surface area (Å²) in [4.78, 5) is 11.1. The molecule has 0 fully saturated rings. The molecule has 0 unspecified atom stereocenters. The van der Waals surface area contributed by atoms with Gasteiger partial charge in [-0.05, 0) is 5.56 Å². The Balaban J connectivity index is 2.17. The minimum absolute atomic E-state index is 0.294. The van der Waals surface area contributed by atoms with Gasteiger partial charge in [-0.25, -0.2) is 4.79 Å². The molecule has 1 rings (SSSR count). The SMILES string of the molecule is NSCCNC(=O)OCc1ccccc1. The summed E-state index contributed by atoms with van der Waals surface area (Å²) in [5.74, 6) is 0.681. The molecule has 0 saturated heterocycles. The van der Waals surface area contributed by atoms with Crippen molar-refractivity contribution < 1.29 is 9.53 Å². The van der Waals surface area contributed by atoms with Gasteiger partial charge in [0, 0.05) is 12.3 Å². The third-order valence-corrected chi connectivity index (χ3v) is 2.14. The molecule has 0 bridgehead atoms. The highest BCUT2D eigenvalue weighted by Crippen LogP contribution is 2.00. The molecular formula is C10H14N2O2S. The second kappa shape index (κ2) is 7.14. The second-order valence-electron chi connectivity index (χ2n) is 2.86. The van der Waals surface area contributed by atoms with Gasteiger partial charge in [0.1, 0.15) is 6.61 Å². The predicted octanol–water partition coefficient (Wildman–Crippen LogP) is 1.52. The van der Waals surface area contributed by atoms with Crippen molar-refractivity contribution >= 4 is 18.0 Å². The van der Waals surface area contributed by atoms with Crippen LogP contribution in [-0.4, -0.2) is 18.4 Å². The lowest BCUT2D eigenvalue weighted by Crippen LogP contribution is -2.26. The van der Waals surface area contributed by atoms with Crippen LogP contribution in [0.5, 0.6) is 0 Å². The lowest BCUT2D eigenvalue weighted by molar-refractivity contribution is 0.140. The Kier molecular flexibility index (Phi) is 5.65. The number of carbonyl (C=O) groups is 1. The number of nitrogens with two attached hydrogens (primary N) is 1. The molecule has 0 heterocycles. The van der Waals surface area contributed by atoms with E-state index in [1.54, 1.807) is 0 Å². The molecule has 5 heteroatoms. The van der Waals surface area contributed by atoms with Gasteiger partial charge >= 0.3 is 6.09 Å². The van der Waals surface area contributed by atoms with E-state index in [9.17, 15) is 4.79 Å². The Hall–Kier alpha value is -1.20. The molecule has 15 heavy (non-hydrogen) atoms. The van der Waals surface area contributed by atoms with Gasteiger partial charge in [-0.2, -0.15) is 0 Å². The highest BCUT2D eigenvalue weighted by molar-refractivity contribution is 7.97. The van der Waals surface area contributed by atoms with Gasteiger partial charge in [0.05, 0.1) is 0 Å². The van der Waals surface area contributed by atoms with E-state index in [-0.39, 0.29) is 0 Å². The first-order valence-electron chi connectivity index (χ1n) is 4.59. The van der Waals surface area contributed by atoms with Crippen molar-refractivity contribution in [3.8, 4) is 0 Å². The fraction of sp³-hybridized carbons (Fsp3) is 0.300. The Labute approximate surface area is 93.3 Å². The molecule has 0 aromatic heterocycles. The molecule has 1 amide bonds. The Morgan fingerprint density at radius 1 is 1.40 bits per heavy atom. The van der Waals surface area contributed by atoms with Crippen LogP contribution in [0, 0.1) is 0 Å². The van der Waals surface area contributed by atoms with Gasteiger partial charge in [-0.3, -0.25) is 5.14 Å². The van der Waals surface area contributed by atoms with Gasteiger partial charge in [-0.1, -0.05) is 42.3 Å². The lowest BCUT2D eigenvalue weighted by atomic mass is 10.2. The standard InChI is InChI=1S/C10H14N2O2S/c11-15-7-6-12-10(13)14-8-9-4-2-1-3-5-9/h1-5H,6-8,11H2,(H,12,13). The zero-order chi connectivity index (χ0) is 10.9. The topological polar surface area (TPSA) is 64.3 Å². The fourth-order valence-corrected chi connectivity index (χ4v) is 1.21. The second-order valence-corrected chi connectivity index (χ2v) is 3.60. The number of benzene rings is 1. The molecule has 1 aromatic carbocycles. The Bertz CT molecular complexity index is 293. The monoisotopic (exact) mass is 226 g/mol. The summed E-state index contributed by atoms with van der Waals surface area (Å²) in [5.41, 5.74) is 0.973. The molecule has 0 radical (unpaired) electrons. The highest BCUT2D eigenvalue weighted by atomic mass is 32.2.